The predicted molar refractivity (Wildman–Crippen MR) is 82.3 cm³/mol. The van der Waals surface area contributed by atoms with E-state index in [1.165, 1.54) is 64.2 Å². The van der Waals surface area contributed by atoms with Crippen molar-refractivity contribution in [3.63, 3.8) is 0 Å². The Morgan fingerprint density at radius 3 is 1.39 bits per heavy atom. The van der Waals surface area contributed by atoms with Gasteiger partial charge in [0.15, 0.2) is 0 Å². The van der Waals surface area contributed by atoms with Crippen molar-refractivity contribution in [1.29, 1.82) is 0 Å². The third-order valence-corrected chi connectivity index (χ3v) is 3.05. The van der Waals surface area contributed by atoms with Gasteiger partial charge in [0.25, 0.3) is 0 Å². The maximum atomic E-state index is 3.15. The number of hydrogen-bond acceptors (Lipinski definition) is 0. The van der Waals surface area contributed by atoms with Gasteiger partial charge >= 0.3 is 0 Å². The van der Waals surface area contributed by atoms with Crippen LogP contribution in [-0.2, 0) is 0 Å². The molecule has 0 spiro atoms. The molecule has 0 bridgehead atoms. The lowest BCUT2D eigenvalue weighted by atomic mass is 10.1. The zero-order valence-corrected chi connectivity index (χ0v) is 12.5. The van der Waals surface area contributed by atoms with Crippen molar-refractivity contribution in [2.45, 2.75) is 90.9 Å². The fourth-order valence-corrected chi connectivity index (χ4v) is 1.85. The molecule has 0 aliphatic heterocycles. The second-order valence-corrected chi connectivity index (χ2v) is 4.93. The van der Waals surface area contributed by atoms with Crippen LogP contribution >= 0.6 is 0 Å². The molecule has 0 aliphatic rings. The van der Waals surface area contributed by atoms with Crippen molar-refractivity contribution in [3.8, 4) is 23.7 Å². The monoisotopic (exact) mass is 246 g/mol. The van der Waals surface area contributed by atoms with E-state index < -0.39 is 0 Å². The predicted octanol–water partition coefficient (Wildman–Crippen LogP) is 5.71. The first-order chi connectivity index (χ1) is 8.91. The second-order valence-electron chi connectivity index (χ2n) is 4.93. The lowest BCUT2D eigenvalue weighted by Crippen LogP contribution is -1.77. The van der Waals surface area contributed by atoms with Gasteiger partial charge in [-0.15, -0.1) is 0 Å². The van der Waals surface area contributed by atoms with Crippen molar-refractivity contribution in [2.75, 3.05) is 0 Å². The maximum absolute atomic E-state index is 3.15. The number of rotatable bonds is 10. The molecule has 0 aromatic carbocycles. The molecule has 0 aliphatic carbocycles. The minimum Gasteiger partial charge on any atom is -0.0891 e. The van der Waals surface area contributed by atoms with Crippen LogP contribution in [0.1, 0.15) is 90.9 Å². The van der Waals surface area contributed by atoms with E-state index in [0.717, 1.165) is 12.8 Å². The average Bonchev–Trinajstić information content (AvgIpc) is 2.39. The van der Waals surface area contributed by atoms with Crippen molar-refractivity contribution >= 4 is 0 Å². The minimum absolute atomic E-state index is 1.02. The van der Waals surface area contributed by atoms with Gasteiger partial charge in [0.2, 0.25) is 0 Å². The van der Waals surface area contributed by atoms with Gasteiger partial charge in [-0.3, -0.25) is 0 Å². The molecule has 102 valence electrons. The minimum atomic E-state index is 1.02. The highest BCUT2D eigenvalue weighted by Gasteiger charge is 1.87. The van der Waals surface area contributed by atoms with Crippen molar-refractivity contribution in [2.24, 2.45) is 0 Å². The van der Waals surface area contributed by atoms with E-state index in [9.17, 15) is 0 Å². The van der Waals surface area contributed by atoms with Gasteiger partial charge in [0.1, 0.15) is 0 Å². The van der Waals surface area contributed by atoms with Crippen LogP contribution in [0.4, 0.5) is 0 Å². The summed E-state index contributed by atoms with van der Waals surface area (Å²) in [6, 6.07) is 0. The van der Waals surface area contributed by atoms with E-state index in [1.54, 1.807) is 0 Å². The topological polar surface area (TPSA) is 0 Å². The van der Waals surface area contributed by atoms with E-state index >= 15 is 0 Å². The van der Waals surface area contributed by atoms with E-state index in [1.807, 2.05) is 0 Å². The van der Waals surface area contributed by atoms with Crippen molar-refractivity contribution < 1.29 is 0 Å². The molecule has 0 saturated heterocycles. The van der Waals surface area contributed by atoms with Crippen LogP contribution in [0.3, 0.4) is 0 Å². The normalized spacial score (nSPS) is 9.22. The Bertz CT molecular complexity index is 266. The van der Waals surface area contributed by atoms with E-state index in [2.05, 4.69) is 37.5 Å². The maximum Gasteiger partial charge on any atom is 0.00989 e. The summed E-state index contributed by atoms with van der Waals surface area (Å²) < 4.78 is 0. The molecule has 0 aromatic rings. The van der Waals surface area contributed by atoms with E-state index in [0.29, 0.717) is 0 Å². The Hall–Kier alpha value is -0.880. The fraction of sp³-hybridized carbons (Fsp3) is 0.778. The van der Waals surface area contributed by atoms with E-state index in [4.69, 9.17) is 0 Å². The Morgan fingerprint density at radius 1 is 0.500 bits per heavy atom. The van der Waals surface area contributed by atoms with Crippen LogP contribution in [0.15, 0.2) is 0 Å². The standard InChI is InChI=1S/C18H30/c1-3-5-7-9-11-13-15-17-18-16-14-12-10-8-6-4-2/h3-13,15H2,1-2H3. The number of unbranched alkanes of at least 4 members (excludes halogenated alkanes) is 10. The van der Waals surface area contributed by atoms with Crippen molar-refractivity contribution in [1.82, 2.24) is 0 Å². The molecule has 0 fully saturated rings. The summed E-state index contributed by atoms with van der Waals surface area (Å²) in [7, 11) is 0. The summed E-state index contributed by atoms with van der Waals surface area (Å²) >= 11 is 0. The molecular weight excluding hydrogens is 216 g/mol. The largest absolute Gasteiger partial charge is 0.0891 e. The molecule has 0 rings (SSSR count). The second kappa shape index (κ2) is 16.1. The highest BCUT2D eigenvalue weighted by Crippen LogP contribution is 2.06. The molecule has 0 N–H and O–H groups in total. The van der Waals surface area contributed by atoms with Gasteiger partial charge in [-0.05, 0) is 24.7 Å². The van der Waals surface area contributed by atoms with Gasteiger partial charge < -0.3 is 0 Å². The smallest absolute Gasteiger partial charge is 0.00989 e. The first kappa shape index (κ1) is 17.1. The third-order valence-electron chi connectivity index (χ3n) is 3.05. The highest BCUT2D eigenvalue weighted by molar-refractivity contribution is 5.25. The molecule has 0 radical (unpaired) electrons. The summed E-state index contributed by atoms with van der Waals surface area (Å²) in [6.45, 7) is 4.49. The summed E-state index contributed by atoms with van der Waals surface area (Å²) in [5.41, 5.74) is 0. The van der Waals surface area contributed by atoms with Crippen molar-refractivity contribution in [3.05, 3.63) is 0 Å². The third kappa shape index (κ3) is 15.1. The Labute approximate surface area is 115 Å². The zero-order chi connectivity index (χ0) is 13.3. The van der Waals surface area contributed by atoms with Gasteiger partial charge in [-0.1, -0.05) is 77.1 Å². The molecule has 0 amide bonds. The quantitative estimate of drug-likeness (QED) is 0.342. The molecular formula is C18H30. The molecule has 0 unspecified atom stereocenters. The van der Waals surface area contributed by atoms with Gasteiger partial charge in [0, 0.05) is 12.8 Å². The van der Waals surface area contributed by atoms with Crippen LogP contribution in [-0.4, -0.2) is 0 Å². The van der Waals surface area contributed by atoms with E-state index in [-0.39, 0.29) is 0 Å². The Balaban J connectivity index is 3.25. The Morgan fingerprint density at radius 2 is 0.889 bits per heavy atom. The molecule has 0 heteroatoms. The Kier molecular flexibility index (Phi) is 15.3. The lowest BCUT2D eigenvalue weighted by molar-refractivity contribution is 0.614. The summed E-state index contributed by atoms with van der Waals surface area (Å²) in [5.74, 6) is 12.2. The SMILES string of the molecule is CCCCCCC#CC#CCCCCCCCC. The van der Waals surface area contributed by atoms with Crippen LogP contribution in [0.25, 0.3) is 0 Å². The molecule has 18 heavy (non-hydrogen) atoms. The zero-order valence-electron chi connectivity index (χ0n) is 12.5. The van der Waals surface area contributed by atoms with Gasteiger partial charge in [-0.2, -0.15) is 0 Å². The molecule has 0 saturated carbocycles. The molecule has 0 aromatic heterocycles. The summed E-state index contributed by atoms with van der Waals surface area (Å²) in [5, 5.41) is 0. The first-order valence-corrected chi connectivity index (χ1v) is 7.87. The van der Waals surface area contributed by atoms with Crippen LogP contribution in [0.5, 0.6) is 0 Å². The molecule has 0 heterocycles. The molecule has 0 nitrogen and oxygen atoms in total. The summed E-state index contributed by atoms with van der Waals surface area (Å²) in [4.78, 5) is 0. The fourth-order valence-electron chi connectivity index (χ4n) is 1.85. The number of hydrogen-bond donors (Lipinski definition) is 0. The first-order valence-electron chi connectivity index (χ1n) is 7.87. The highest BCUT2D eigenvalue weighted by atomic mass is 13.9. The van der Waals surface area contributed by atoms with Crippen LogP contribution < -0.4 is 0 Å². The van der Waals surface area contributed by atoms with Gasteiger partial charge in [-0.25, -0.2) is 0 Å². The lowest BCUT2D eigenvalue weighted by Gasteiger charge is -1.96. The molecule has 0 atom stereocenters. The van der Waals surface area contributed by atoms with Crippen LogP contribution in [0.2, 0.25) is 0 Å². The van der Waals surface area contributed by atoms with Crippen LogP contribution in [0, 0.1) is 23.7 Å². The average molecular weight is 246 g/mol. The summed E-state index contributed by atoms with van der Waals surface area (Å²) in [6.07, 6.45) is 15.3. The van der Waals surface area contributed by atoms with Gasteiger partial charge in [0.05, 0.1) is 0 Å².